The van der Waals surface area contributed by atoms with Crippen molar-refractivity contribution in [2.24, 2.45) is 0 Å². The van der Waals surface area contributed by atoms with Crippen molar-refractivity contribution in [3.63, 3.8) is 0 Å². The van der Waals surface area contributed by atoms with Gasteiger partial charge < -0.3 is 15.7 Å². The highest BCUT2D eigenvalue weighted by molar-refractivity contribution is 6.09. The number of benzene rings is 1. The number of ketones is 1. The summed E-state index contributed by atoms with van der Waals surface area (Å²) >= 11 is 0. The Labute approximate surface area is 183 Å². The summed E-state index contributed by atoms with van der Waals surface area (Å²) in [4.78, 5) is 30.3. The molecule has 3 N–H and O–H groups in total. The minimum atomic E-state index is -0.367. The van der Waals surface area contributed by atoms with Crippen molar-refractivity contribution >= 4 is 17.5 Å². The number of aryl methyl sites for hydroxylation is 1. The molecule has 2 aliphatic rings. The number of hydrogen-bond donors (Lipinski definition) is 3. The van der Waals surface area contributed by atoms with Crippen LogP contribution in [-0.2, 0) is 9.59 Å². The van der Waals surface area contributed by atoms with Crippen molar-refractivity contribution in [1.82, 2.24) is 10.3 Å². The number of nitrogens with zero attached hydrogens (tertiary/aromatic N) is 1. The fourth-order valence-electron chi connectivity index (χ4n) is 4.00. The Bertz CT molecular complexity index is 1010. The monoisotopic (exact) mass is 419 g/mol. The molecule has 1 amide bonds. The lowest BCUT2D eigenvalue weighted by Gasteiger charge is -2.34. The van der Waals surface area contributed by atoms with Gasteiger partial charge in [0, 0.05) is 47.7 Å². The third kappa shape index (κ3) is 5.09. The number of carbonyl (C=O) groups excluding carboxylic acids is 2. The lowest BCUT2D eigenvalue weighted by molar-refractivity contribution is -0.116. The number of amides is 1. The van der Waals surface area contributed by atoms with Crippen LogP contribution >= 0.6 is 0 Å². The van der Waals surface area contributed by atoms with Crippen LogP contribution in [0.2, 0.25) is 0 Å². The molecule has 0 fully saturated rings. The van der Waals surface area contributed by atoms with Gasteiger partial charge in [0.25, 0.3) is 5.91 Å². The molecule has 0 saturated heterocycles. The van der Waals surface area contributed by atoms with Crippen molar-refractivity contribution in [1.29, 1.82) is 0 Å². The number of Topliss-reactive ketones (excluding diaryl/α,β-unsaturated/α-hetero) is 1. The zero-order chi connectivity index (χ0) is 22.4. The second-order valence-electron chi connectivity index (χ2n) is 7.66. The first-order valence-electron chi connectivity index (χ1n) is 10.6. The zero-order valence-corrected chi connectivity index (χ0v) is 18.2. The summed E-state index contributed by atoms with van der Waals surface area (Å²) in [5.41, 5.74) is 5.14. The highest BCUT2D eigenvalue weighted by atomic mass is 16.2. The fraction of sp³-hybridized carbons (Fsp3) is 0.320. The van der Waals surface area contributed by atoms with Crippen LogP contribution in [0.15, 0.2) is 71.2 Å². The van der Waals surface area contributed by atoms with Crippen LogP contribution in [0.5, 0.6) is 0 Å². The predicted octanol–water partition coefficient (Wildman–Crippen LogP) is 4.00. The first-order valence-corrected chi connectivity index (χ1v) is 10.6. The molecular formula is C25H29N3O3. The van der Waals surface area contributed by atoms with E-state index in [1.807, 2.05) is 44.2 Å². The Morgan fingerprint density at radius 1 is 1.16 bits per heavy atom. The molecule has 31 heavy (non-hydrogen) atoms. The third-order valence-electron chi connectivity index (χ3n) is 5.34. The molecule has 1 atom stereocenters. The van der Waals surface area contributed by atoms with E-state index >= 15 is 0 Å². The largest absolute Gasteiger partial charge is 0.397 e. The van der Waals surface area contributed by atoms with Crippen molar-refractivity contribution < 1.29 is 14.7 Å². The van der Waals surface area contributed by atoms with E-state index in [4.69, 9.17) is 5.11 Å². The SMILES string of the molecule is CC1=C(C(=O)Nc2ccccn2)C(c2ccc(C)cc2)C2=C(CCCC2=O)N1.CCO. The average molecular weight is 420 g/mol. The summed E-state index contributed by atoms with van der Waals surface area (Å²) < 4.78 is 0. The van der Waals surface area contributed by atoms with Gasteiger partial charge in [0.1, 0.15) is 5.82 Å². The van der Waals surface area contributed by atoms with E-state index in [0.717, 1.165) is 40.9 Å². The number of anilines is 1. The topological polar surface area (TPSA) is 91.3 Å². The number of aliphatic hydroxyl groups excluding tert-OH is 1. The summed E-state index contributed by atoms with van der Waals surface area (Å²) in [7, 11) is 0. The van der Waals surface area contributed by atoms with Crippen LogP contribution in [0, 0.1) is 6.92 Å². The van der Waals surface area contributed by atoms with Crippen LogP contribution in [0.4, 0.5) is 5.82 Å². The van der Waals surface area contributed by atoms with Gasteiger partial charge in [-0.2, -0.15) is 0 Å². The first-order chi connectivity index (χ1) is 15.0. The Balaban J connectivity index is 0.000000858. The maximum atomic E-state index is 13.2. The van der Waals surface area contributed by atoms with E-state index in [-0.39, 0.29) is 24.2 Å². The summed E-state index contributed by atoms with van der Waals surface area (Å²) in [6.07, 6.45) is 3.83. The first kappa shape index (κ1) is 22.4. The van der Waals surface area contributed by atoms with E-state index in [1.54, 1.807) is 25.3 Å². The number of nitrogens with one attached hydrogen (secondary N) is 2. The molecule has 2 heterocycles. The Morgan fingerprint density at radius 2 is 1.87 bits per heavy atom. The zero-order valence-electron chi connectivity index (χ0n) is 18.2. The van der Waals surface area contributed by atoms with E-state index in [0.29, 0.717) is 17.8 Å². The van der Waals surface area contributed by atoms with Gasteiger partial charge in [-0.15, -0.1) is 0 Å². The van der Waals surface area contributed by atoms with Crippen LogP contribution in [0.1, 0.15) is 50.2 Å². The smallest absolute Gasteiger partial charge is 0.255 e. The van der Waals surface area contributed by atoms with Crippen molar-refractivity contribution in [3.05, 3.63) is 82.3 Å². The summed E-state index contributed by atoms with van der Waals surface area (Å²) in [6.45, 7) is 5.86. The Morgan fingerprint density at radius 3 is 2.52 bits per heavy atom. The maximum Gasteiger partial charge on any atom is 0.255 e. The number of dihydropyridines is 1. The van der Waals surface area contributed by atoms with Gasteiger partial charge in [-0.25, -0.2) is 4.98 Å². The van der Waals surface area contributed by atoms with Crippen molar-refractivity contribution in [2.45, 2.75) is 46.0 Å². The number of aliphatic hydroxyl groups is 1. The van der Waals surface area contributed by atoms with Crippen molar-refractivity contribution in [3.8, 4) is 0 Å². The van der Waals surface area contributed by atoms with Gasteiger partial charge >= 0.3 is 0 Å². The maximum absolute atomic E-state index is 13.2. The quantitative estimate of drug-likeness (QED) is 0.700. The van der Waals surface area contributed by atoms with Crippen LogP contribution in [0.3, 0.4) is 0 Å². The second-order valence-corrected chi connectivity index (χ2v) is 7.66. The molecule has 0 bridgehead atoms. The number of aromatic nitrogens is 1. The van der Waals surface area contributed by atoms with Crippen LogP contribution < -0.4 is 10.6 Å². The fourth-order valence-corrected chi connectivity index (χ4v) is 4.00. The minimum absolute atomic E-state index is 0.120. The number of pyridine rings is 1. The number of hydrogen-bond acceptors (Lipinski definition) is 5. The minimum Gasteiger partial charge on any atom is -0.397 e. The Kier molecular flexibility index (Phi) is 7.36. The van der Waals surface area contributed by atoms with Crippen LogP contribution in [-0.4, -0.2) is 28.4 Å². The van der Waals surface area contributed by atoms with Gasteiger partial charge in [0.05, 0.1) is 0 Å². The summed E-state index contributed by atoms with van der Waals surface area (Å²) in [6, 6.07) is 13.4. The van der Waals surface area contributed by atoms with E-state index in [1.165, 1.54) is 0 Å². The lowest BCUT2D eigenvalue weighted by Crippen LogP contribution is -2.35. The molecule has 1 unspecified atom stereocenters. The van der Waals surface area contributed by atoms with Gasteiger partial charge in [-0.1, -0.05) is 35.9 Å². The predicted molar refractivity (Wildman–Crippen MR) is 121 cm³/mol. The summed E-state index contributed by atoms with van der Waals surface area (Å²) in [5.74, 6) is 0.00715. The average Bonchev–Trinajstić information content (AvgIpc) is 2.75. The molecule has 6 nitrogen and oxygen atoms in total. The molecule has 1 aromatic heterocycles. The molecule has 1 aromatic carbocycles. The van der Waals surface area contributed by atoms with Gasteiger partial charge in [-0.05, 0) is 51.3 Å². The second kappa shape index (κ2) is 10.2. The molecule has 0 spiro atoms. The molecule has 0 radical (unpaired) electrons. The molecule has 0 saturated carbocycles. The summed E-state index contributed by atoms with van der Waals surface area (Å²) in [5, 5.41) is 13.8. The van der Waals surface area contributed by atoms with Gasteiger partial charge in [0.15, 0.2) is 5.78 Å². The molecule has 6 heteroatoms. The van der Waals surface area contributed by atoms with E-state index < -0.39 is 0 Å². The van der Waals surface area contributed by atoms with Gasteiger partial charge in [-0.3, -0.25) is 9.59 Å². The van der Waals surface area contributed by atoms with E-state index in [9.17, 15) is 9.59 Å². The van der Waals surface area contributed by atoms with Crippen LogP contribution in [0.25, 0.3) is 0 Å². The number of allylic oxidation sites excluding steroid dienone is 3. The normalized spacial score (nSPS) is 17.9. The number of carbonyl (C=O) groups is 2. The number of rotatable bonds is 3. The van der Waals surface area contributed by atoms with Crippen molar-refractivity contribution in [2.75, 3.05) is 11.9 Å². The highest BCUT2D eigenvalue weighted by Gasteiger charge is 2.38. The standard InChI is InChI=1S/C23H23N3O2.C2H6O/c1-14-9-11-16(12-10-14)21-20(23(28)26-19-8-3-4-13-24-19)15(2)25-17-6-5-7-18(27)22(17)21;1-2-3/h3-4,8-13,21,25H,5-7H2,1-2H3,(H,24,26,28);3H,2H2,1H3. The third-order valence-corrected chi connectivity index (χ3v) is 5.34. The molecule has 1 aliphatic heterocycles. The highest BCUT2D eigenvalue weighted by Crippen LogP contribution is 2.42. The lowest BCUT2D eigenvalue weighted by atomic mass is 9.75. The Hall–Kier alpha value is -3.25. The van der Waals surface area contributed by atoms with E-state index in [2.05, 4.69) is 15.6 Å². The molecular weight excluding hydrogens is 390 g/mol. The molecule has 4 rings (SSSR count). The molecule has 162 valence electrons. The van der Waals surface area contributed by atoms with Gasteiger partial charge in [0.2, 0.25) is 0 Å². The molecule has 1 aliphatic carbocycles. The molecule has 2 aromatic rings.